The average Bonchev–Trinajstić information content (AvgIpc) is 3.01. The minimum Gasteiger partial charge on any atom is -0.381 e. The Kier molecular flexibility index (Phi) is 5.87. The number of nitrogens with one attached hydrogen (secondary N) is 1. The highest BCUT2D eigenvalue weighted by Crippen LogP contribution is 2.31. The van der Waals surface area contributed by atoms with Crippen molar-refractivity contribution in [1.29, 1.82) is 0 Å². The fourth-order valence-electron chi connectivity index (χ4n) is 2.76. The molecule has 1 saturated heterocycles. The van der Waals surface area contributed by atoms with Crippen LogP contribution in [0.1, 0.15) is 12.8 Å². The summed E-state index contributed by atoms with van der Waals surface area (Å²) in [6, 6.07) is 7.45. The van der Waals surface area contributed by atoms with Gasteiger partial charge in [-0.2, -0.15) is 0 Å². The molecule has 0 spiro atoms. The van der Waals surface area contributed by atoms with Crippen molar-refractivity contribution >= 4 is 24.0 Å². The number of amides is 1. The van der Waals surface area contributed by atoms with E-state index in [4.69, 9.17) is 10.5 Å². The average molecular weight is 353 g/mol. The molecule has 9 heteroatoms. The second-order valence-corrected chi connectivity index (χ2v) is 5.76. The van der Waals surface area contributed by atoms with Gasteiger partial charge in [-0.05, 0) is 35.4 Å². The summed E-state index contributed by atoms with van der Waals surface area (Å²) < 4.78 is 6.93. The molecule has 1 aromatic heterocycles. The fraction of sp³-hybridized carbons (Fsp3) is 0.467. The van der Waals surface area contributed by atoms with Crippen LogP contribution in [0.3, 0.4) is 0 Å². The number of halogens is 1. The third-order valence-electron chi connectivity index (χ3n) is 4.32. The Bertz CT molecular complexity index is 699. The van der Waals surface area contributed by atoms with Crippen molar-refractivity contribution in [2.75, 3.05) is 25.1 Å². The zero-order valence-corrected chi connectivity index (χ0v) is 14.3. The number of hydrogen-bond donors (Lipinski definition) is 2. The van der Waals surface area contributed by atoms with Crippen molar-refractivity contribution < 1.29 is 9.53 Å². The second-order valence-electron chi connectivity index (χ2n) is 5.76. The minimum atomic E-state index is -0.555. The van der Waals surface area contributed by atoms with Crippen molar-refractivity contribution in [2.24, 2.45) is 18.2 Å². The summed E-state index contributed by atoms with van der Waals surface area (Å²) in [4.78, 5) is 12.7. The summed E-state index contributed by atoms with van der Waals surface area (Å²) in [5.41, 5.74) is 6.86. The standard InChI is InChI=1S/C15H20N6O2.ClH/c1-21-13(18-19-20-21)11-3-2-4-12(9-11)17-14(22)15(10-16)5-7-23-8-6-15;/h2-4,9H,5-8,10,16H2,1H3,(H,17,22);1H. The Hall–Kier alpha value is -2.03. The van der Waals surface area contributed by atoms with Gasteiger partial charge in [-0.3, -0.25) is 4.79 Å². The van der Waals surface area contributed by atoms with E-state index < -0.39 is 5.41 Å². The molecule has 1 amide bonds. The number of carbonyl (C=O) groups excluding carboxylic acids is 1. The van der Waals surface area contributed by atoms with E-state index >= 15 is 0 Å². The first-order valence-corrected chi connectivity index (χ1v) is 7.57. The van der Waals surface area contributed by atoms with Crippen LogP contribution in [0.25, 0.3) is 11.4 Å². The van der Waals surface area contributed by atoms with E-state index in [0.717, 1.165) is 5.56 Å². The van der Waals surface area contributed by atoms with Crippen molar-refractivity contribution in [3.05, 3.63) is 24.3 Å². The number of rotatable bonds is 4. The molecule has 24 heavy (non-hydrogen) atoms. The molecular weight excluding hydrogens is 332 g/mol. The lowest BCUT2D eigenvalue weighted by Gasteiger charge is -2.34. The normalized spacial score (nSPS) is 16.2. The SMILES string of the molecule is Cl.Cn1nnnc1-c1cccc(NC(=O)C2(CN)CCOCC2)c1. The number of hydrogen-bond acceptors (Lipinski definition) is 6. The van der Waals surface area contributed by atoms with Gasteiger partial charge in [0.05, 0.1) is 5.41 Å². The number of nitrogens with two attached hydrogens (primary N) is 1. The van der Waals surface area contributed by atoms with Crippen molar-refractivity contribution in [3.63, 3.8) is 0 Å². The van der Waals surface area contributed by atoms with Crippen molar-refractivity contribution in [2.45, 2.75) is 12.8 Å². The number of tetrazole rings is 1. The first kappa shape index (κ1) is 18.3. The number of aryl methyl sites for hydroxylation is 1. The van der Waals surface area contributed by atoms with E-state index in [1.807, 2.05) is 24.3 Å². The van der Waals surface area contributed by atoms with Gasteiger partial charge in [0.2, 0.25) is 5.91 Å². The predicted octanol–water partition coefficient (Wildman–Crippen LogP) is 0.993. The Labute approximate surface area is 146 Å². The van der Waals surface area contributed by atoms with Gasteiger partial charge in [-0.25, -0.2) is 4.68 Å². The van der Waals surface area contributed by atoms with Gasteiger partial charge in [0.15, 0.2) is 5.82 Å². The van der Waals surface area contributed by atoms with Crippen LogP contribution >= 0.6 is 12.4 Å². The molecule has 0 radical (unpaired) electrons. The van der Waals surface area contributed by atoms with Crippen LogP contribution in [-0.2, 0) is 16.6 Å². The molecule has 2 aromatic rings. The van der Waals surface area contributed by atoms with Gasteiger partial charge < -0.3 is 15.8 Å². The molecule has 0 bridgehead atoms. The third-order valence-corrected chi connectivity index (χ3v) is 4.32. The molecule has 1 aliphatic heterocycles. The van der Waals surface area contributed by atoms with E-state index in [9.17, 15) is 4.79 Å². The number of aromatic nitrogens is 4. The van der Waals surface area contributed by atoms with Crippen molar-refractivity contribution in [3.8, 4) is 11.4 Å². The van der Waals surface area contributed by atoms with E-state index in [1.165, 1.54) is 0 Å². The Balaban J connectivity index is 0.00000208. The summed E-state index contributed by atoms with van der Waals surface area (Å²) in [6.07, 6.45) is 1.28. The van der Waals surface area contributed by atoms with Crippen molar-refractivity contribution in [1.82, 2.24) is 20.2 Å². The van der Waals surface area contributed by atoms with Gasteiger partial charge in [0.25, 0.3) is 0 Å². The Morgan fingerprint density at radius 2 is 2.17 bits per heavy atom. The lowest BCUT2D eigenvalue weighted by molar-refractivity contribution is -0.130. The maximum absolute atomic E-state index is 12.7. The van der Waals surface area contributed by atoms with Gasteiger partial charge in [0.1, 0.15) is 0 Å². The number of ether oxygens (including phenoxy) is 1. The summed E-state index contributed by atoms with van der Waals surface area (Å²) >= 11 is 0. The van der Waals surface area contributed by atoms with Crippen LogP contribution in [0.5, 0.6) is 0 Å². The fourth-order valence-corrected chi connectivity index (χ4v) is 2.76. The van der Waals surface area contributed by atoms with E-state index in [2.05, 4.69) is 20.8 Å². The molecule has 0 unspecified atom stereocenters. The molecule has 8 nitrogen and oxygen atoms in total. The zero-order chi connectivity index (χ0) is 16.3. The topological polar surface area (TPSA) is 108 Å². The molecule has 1 aliphatic rings. The quantitative estimate of drug-likeness (QED) is 0.849. The van der Waals surface area contributed by atoms with Crippen LogP contribution in [-0.4, -0.2) is 45.9 Å². The van der Waals surface area contributed by atoms with Crippen LogP contribution in [0, 0.1) is 5.41 Å². The van der Waals surface area contributed by atoms with Gasteiger partial charge in [-0.15, -0.1) is 17.5 Å². The molecule has 130 valence electrons. The largest absolute Gasteiger partial charge is 0.381 e. The number of anilines is 1. The van der Waals surface area contributed by atoms with Crippen LogP contribution in [0.15, 0.2) is 24.3 Å². The second kappa shape index (κ2) is 7.69. The molecule has 0 saturated carbocycles. The molecule has 2 heterocycles. The minimum absolute atomic E-state index is 0. The molecule has 1 aromatic carbocycles. The van der Waals surface area contributed by atoms with Gasteiger partial charge >= 0.3 is 0 Å². The van der Waals surface area contributed by atoms with Crippen LogP contribution in [0.4, 0.5) is 5.69 Å². The zero-order valence-electron chi connectivity index (χ0n) is 13.4. The molecular formula is C15H21ClN6O2. The highest BCUT2D eigenvalue weighted by molar-refractivity contribution is 5.96. The van der Waals surface area contributed by atoms with Gasteiger partial charge in [-0.1, -0.05) is 12.1 Å². The highest BCUT2D eigenvalue weighted by Gasteiger charge is 2.38. The van der Waals surface area contributed by atoms with E-state index in [0.29, 0.717) is 44.1 Å². The summed E-state index contributed by atoms with van der Waals surface area (Å²) in [5, 5.41) is 14.4. The van der Waals surface area contributed by atoms with E-state index in [1.54, 1.807) is 11.7 Å². The maximum atomic E-state index is 12.7. The first-order chi connectivity index (χ1) is 11.1. The lowest BCUT2D eigenvalue weighted by atomic mass is 9.79. The van der Waals surface area contributed by atoms with E-state index in [-0.39, 0.29) is 18.3 Å². The number of nitrogens with zero attached hydrogens (tertiary/aromatic N) is 4. The smallest absolute Gasteiger partial charge is 0.232 e. The number of benzene rings is 1. The first-order valence-electron chi connectivity index (χ1n) is 7.57. The molecule has 3 rings (SSSR count). The summed E-state index contributed by atoms with van der Waals surface area (Å²) in [7, 11) is 1.77. The highest BCUT2D eigenvalue weighted by atomic mass is 35.5. The summed E-state index contributed by atoms with van der Waals surface area (Å²) in [5.74, 6) is 0.581. The number of carbonyl (C=O) groups is 1. The monoisotopic (exact) mass is 352 g/mol. The Morgan fingerprint density at radius 1 is 1.42 bits per heavy atom. The van der Waals surface area contributed by atoms with Crippen LogP contribution in [0.2, 0.25) is 0 Å². The Morgan fingerprint density at radius 3 is 2.79 bits per heavy atom. The third kappa shape index (κ3) is 3.55. The summed E-state index contributed by atoms with van der Waals surface area (Å²) in [6.45, 7) is 1.44. The molecule has 0 atom stereocenters. The molecule has 3 N–H and O–H groups in total. The molecule has 1 fully saturated rings. The lowest BCUT2D eigenvalue weighted by Crippen LogP contribution is -2.46. The maximum Gasteiger partial charge on any atom is 0.232 e. The molecule has 0 aliphatic carbocycles. The predicted molar refractivity (Wildman–Crippen MR) is 91.7 cm³/mol. The van der Waals surface area contributed by atoms with Crippen LogP contribution < -0.4 is 11.1 Å². The van der Waals surface area contributed by atoms with Gasteiger partial charge in [0, 0.05) is 38.1 Å².